The van der Waals surface area contributed by atoms with E-state index in [9.17, 15) is 4.39 Å². The standard InChI is InChI=1S/C14H20FN/c1-16-14-9-5-3-7-12(14)10-11-6-2-4-8-13(11)15/h2,4,6,8,12,14,16H,3,5,7,9-10H2,1H3. The van der Waals surface area contributed by atoms with Crippen LogP contribution in [0.1, 0.15) is 31.2 Å². The molecule has 0 radical (unpaired) electrons. The van der Waals surface area contributed by atoms with Crippen molar-refractivity contribution in [1.29, 1.82) is 0 Å². The van der Waals surface area contributed by atoms with Gasteiger partial charge in [-0.25, -0.2) is 4.39 Å². The lowest BCUT2D eigenvalue weighted by molar-refractivity contribution is 0.271. The van der Waals surface area contributed by atoms with Gasteiger partial charge < -0.3 is 5.32 Å². The average Bonchev–Trinajstić information content (AvgIpc) is 2.33. The van der Waals surface area contributed by atoms with E-state index in [0.717, 1.165) is 12.0 Å². The molecular weight excluding hydrogens is 201 g/mol. The summed E-state index contributed by atoms with van der Waals surface area (Å²) in [6.07, 6.45) is 5.92. The molecule has 1 saturated carbocycles. The van der Waals surface area contributed by atoms with Gasteiger partial charge in [0.15, 0.2) is 0 Å². The zero-order valence-electron chi connectivity index (χ0n) is 9.88. The van der Waals surface area contributed by atoms with Crippen molar-refractivity contribution in [2.24, 2.45) is 5.92 Å². The normalized spacial score (nSPS) is 25.6. The smallest absolute Gasteiger partial charge is 0.126 e. The van der Waals surface area contributed by atoms with E-state index in [4.69, 9.17) is 0 Å². The molecule has 16 heavy (non-hydrogen) atoms. The summed E-state index contributed by atoms with van der Waals surface area (Å²) in [7, 11) is 2.02. The zero-order valence-corrected chi connectivity index (χ0v) is 9.88. The van der Waals surface area contributed by atoms with Crippen LogP contribution in [0.4, 0.5) is 4.39 Å². The highest BCUT2D eigenvalue weighted by atomic mass is 19.1. The van der Waals surface area contributed by atoms with Crippen LogP contribution in [0.15, 0.2) is 24.3 Å². The lowest BCUT2D eigenvalue weighted by Gasteiger charge is -2.31. The fourth-order valence-electron chi connectivity index (χ4n) is 2.78. The van der Waals surface area contributed by atoms with Gasteiger partial charge in [0.1, 0.15) is 5.82 Å². The molecule has 0 heterocycles. The molecule has 0 bridgehead atoms. The Labute approximate surface area is 97.1 Å². The van der Waals surface area contributed by atoms with Crippen LogP contribution in [0, 0.1) is 11.7 Å². The fourth-order valence-corrected chi connectivity index (χ4v) is 2.78. The molecule has 0 spiro atoms. The maximum atomic E-state index is 13.6. The number of rotatable bonds is 3. The first-order valence-electron chi connectivity index (χ1n) is 6.22. The highest BCUT2D eigenvalue weighted by Crippen LogP contribution is 2.28. The summed E-state index contributed by atoms with van der Waals surface area (Å²) in [5.41, 5.74) is 0.870. The molecule has 0 saturated heterocycles. The van der Waals surface area contributed by atoms with Crippen molar-refractivity contribution in [1.82, 2.24) is 5.32 Å². The number of hydrogen-bond acceptors (Lipinski definition) is 1. The van der Waals surface area contributed by atoms with Crippen molar-refractivity contribution >= 4 is 0 Å². The summed E-state index contributed by atoms with van der Waals surface area (Å²) in [5.74, 6) is 0.540. The lowest BCUT2D eigenvalue weighted by atomic mass is 9.81. The van der Waals surface area contributed by atoms with E-state index < -0.39 is 0 Å². The molecule has 1 aliphatic carbocycles. The molecule has 2 rings (SSSR count). The Kier molecular flexibility index (Phi) is 3.94. The van der Waals surface area contributed by atoms with Crippen molar-refractivity contribution in [3.8, 4) is 0 Å². The Morgan fingerprint density at radius 1 is 1.25 bits per heavy atom. The molecule has 0 aromatic heterocycles. The molecule has 1 aliphatic rings. The third-order valence-corrected chi connectivity index (χ3v) is 3.72. The predicted molar refractivity (Wildman–Crippen MR) is 64.9 cm³/mol. The van der Waals surface area contributed by atoms with Gasteiger partial charge >= 0.3 is 0 Å². The van der Waals surface area contributed by atoms with Crippen molar-refractivity contribution in [3.05, 3.63) is 35.6 Å². The molecule has 2 heteroatoms. The minimum absolute atomic E-state index is 0.0528. The van der Waals surface area contributed by atoms with E-state index in [0.29, 0.717) is 12.0 Å². The van der Waals surface area contributed by atoms with Crippen LogP contribution in [-0.4, -0.2) is 13.1 Å². The van der Waals surface area contributed by atoms with E-state index >= 15 is 0 Å². The Morgan fingerprint density at radius 2 is 2.00 bits per heavy atom. The average molecular weight is 221 g/mol. The summed E-state index contributed by atoms with van der Waals surface area (Å²) in [4.78, 5) is 0. The van der Waals surface area contributed by atoms with E-state index in [1.165, 1.54) is 25.7 Å². The Bertz CT molecular complexity index is 337. The zero-order chi connectivity index (χ0) is 11.4. The summed E-state index contributed by atoms with van der Waals surface area (Å²) in [5, 5.41) is 3.37. The fraction of sp³-hybridized carbons (Fsp3) is 0.571. The number of hydrogen-bond donors (Lipinski definition) is 1. The topological polar surface area (TPSA) is 12.0 Å². The Hall–Kier alpha value is -0.890. The van der Waals surface area contributed by atoms with Gasteiger partial charge in [-0.1, -0.05) is 31.0 Å². The van der Waals surface area contributed by atoms with Gasteiger partial charge in [0.05, 0.1) is 0 Å². The van der Waals surface area contributed by atoms with Gasteiger partial charge in [0, 0.05) is 6.04 Å². The molecule has 1 aromatic carbocycles. The minimum atomic E-state index is -0.0528. The summed E-state index contributed by atoms with van der Waals surface area (Å²) < 4.78 is 13.6. The molecule has 1 N–H and O–H groups in total. The quantitative estimate of drug-likeness (QED) is 0.826. The Morgan fingerprint density at radius 3 is 2.75 bits per heavy atom. The molecule has 0 aliphatic heterocycles. The van der Waals surface area contributed by atoms with Crippen molar-refractivity contribution < 1.29 is 4.39 Å². The largest absolute Gasteiger partial charge is 0.317 e. The second-order valence-electron chi connectivity index (χ2n) is 4.74. The molecule has 1 fully saturated rings. The van der Waals surface area contributed by atoms with Crippen LogP contribution >= 0.6 is 0 Å². The second-order valence-corrected chi connectivity index (χ2v) is 4.74. The number of benzene rings is 1. The first-order chi connectivity index (χ1) is 7.81. The highest BCUT2D eigenvalue weighted by molar-refractivity contribution is 5.18. The van der Waals surface area contributed by atoms with Crippen LogP contribution in [-0.2, 0) is 6.42 Å². The van der Waals surface area contributed by atoms with Crippen LogP contribution in [0.5, 0.6) is 0 Å². The highest BCUT2D eigenvalue weighted by Gasteiger charge is 2.24. The minimum Gasteiger partial charge on any atom is -0.317 e. The number of nitrogens with one attached hydrogen (secondary N) is 1. The monoisotopic (exact) mass is 221 g/mol. The van der Waals surface area contributed by atoms with Crippen LogP contribution < -0.4 is 5.32 Å². The molecule has 2 unspecified atom stereocenters. The maximum Gasteiger partial charge on any atom is 0.126 e. The van der Waals surface area contributed by atoms with Gasteiger partial charge in [0.25, 0.3) is 0 Å². The third kappa shape index (κ3) is 2.62. The van der Waals surface area contributed by atoms with Gasteiger partial charge in [0.2, 0.25) is 0 Å². The molecule has 0 amide bonds. The SMILES string of the molecule is CNC1CCCCC1Cc1ccccc1F. The Balaban J connectivity index is 2.05. The second kappa shape index (κ2) is 5.44. The van der Waals surface area contributed by atoms with E-state index in [2.05, 4.69) is 5.32 Å². The van der Waals surface area contributed by atoms with Crippen molar-refractivity contribution in [3.63, 3.8) is 0 Å². The lowest BCUT2D eigenvalue weighted by Crippen LogP contribution is -2.37. The molecule has 1 nitrogen and oxygen atoms in total. The van der Waals surface area contributed by atoms with E-state index in [1.54, 1.807) is 12.1 Å². The molecule has 88 valence electrons. The van der Waals surface area contributed by atoms with Gasteiger partial charge in [-0.3, -0.25) is 0 Å². The van der Waals surface area contributed by atoms with Gasteiger partial charge in [-0.05, 0) is 43.9 Å². The molecular formula is C14H20FN. The van der Waals surface area contributed by atoms with E-state index in [1.807, 2.05) is 19.2 Å². The van der Waals surface area contributed by atoms with Crippen LogP contribution in [0.3, 0.4) is 0 Å². The van der Waals surface area contributed by atoms with Gasteiger partial charge in [-0.15, -0.1) is 0 Å². The summed E-state index contributed by atoms with van der Waals surface area (Å²) in [6, 6.07) is 7.72. The maximum absolute atomic E-state index is 13.6. The summed E-state index contributed by atoms with van der Waals surface area (Å²) in [6.45, 7) is 0. The molecule has 1 aromatic rings. The van der Waals surface area contributed by atoms with Crippen LogP contribution in [0.25, 0.3) is 0 Å². The third-order valence-electron chi connectivity index (χ3n) is 3.72. The van der Waals surface area contributed by atoms with E-state index in [-0.39, 0.29) is 5.82 Å². The van der Waals surface area contributed by atoms with Gasteiger partial charge in [-0.2, -0.15) is 0 Å². The first kappa shape index (κ1) is 11.6. The first-order valence-corrected chi connectivity index (χ1v) is 6.22. The van der Waals surface area contributed by atoms with Crippen LogP contribution in [0.2, 0.25) is 0 Å². The van der Waals surface area contributed by atoms with Crippen molar-refractivity contribution in [2.45, 2.75) is 38.1 Å². The predicted octanol–water partition coefficient (Wildman–Crippen LogP) is 3.15. The number of halogens is 1. The van der Waals surface area contributed by atoms with Crippen molar-refractivity contribution in [2.75, 3.05) is 7.05 Å². The summed E-state index contributed by atoms with van der Waals surface area (Å²) >= 11 is 0. The molecule has 2 atom stereocenters.